The third kappa shape index (κ3) is 3.60. The number of rotatable bonds is 4. The third-order valence-electron chi connectivity index (χ3n) is 2.00. The average Bonchev–Trinajstić information content (AvgIpc) is 2.31. The van der Waals surface area contributed by atoms with Gasteiger partial charge in [0.1, 0.15) is 0 Å². The van der Waals surface area contributed by atoms with Gasteiger partial charge in [0.15, 0.2) is 5.75 Å². The maximum Gasteiger partial charge on any atom is 0.384 e. The number of urea groups is 1. The van der Waals surface area contributed by atoms with Gasteiger partial charge in [0.2, 0.25) is 0 Å². The Morgan fingerprint density at radius 2 is 1.89 bits per heavy atom. The van der Waals surface area contributed by atoms with E-state index in [2.05, 4.69) is 10.6 Å². The molecule has 8 heteroatoms. The molecule has 0 radical (unpaired) electrons. The van der Waals surface area contributed by atoms with E-state index in [1.165, 1.54) is 33.3 Å². The number of carbonyl (C=O) groups is 1. The van der Waals surface area contributed by atoms with E-state index in [4.69, 9.17) is 4.18 Å². The molecule has 0 saturated heterocycles. The summed E-state index contributed by atoms with van der Waals surface area (Å²) in [4.78, 5) is 11.2. The van der Waals surface area contributed by atoms with E-state index in [0.29, 0.717) is 0 Å². The molecule has 0 atom stereocenters. The second-order valence-electron chi connectivity index (χ2n) is 3.52. The van der Waals surface area contributed by atoms with Crippen molar-refractivity contribution in [3.8, 4) is 5.75 Å². The zero-order valence-electron chi connectivity index (χ0n) is 10.3. The largest absolute Gasteiger partial charge is 0.384 e. The van der Waals surface area contributed by atoms with E-state index < -0.39 is 16.3 Å². The Balaban J connectivity index is 3.00. The fourth-order valence-electron chi connectivity index (χ4n) is 1.02. The first-order chi connectivity index (χ1) is 8.36. The summed E-state index contributed by atoms with van der Waals surface area (Å²) in [6, 6.07) is 5.78. The number of nitrogens with zero attached hydrogens (tertiary/aromatic N) is 1. The molecule has 1 aromatic carbocycles. The zero-order valence-corrected chi connectivity index (χ0v) is 11.1. The fourth-order valence-corrected chi connectivity index (χ4v) is 1.54. The predicted molar refractivity (Wildman–Crippen MR) is 67.8 cm³/mol. The van der Waals surface area contributed by atoms with Gasteiger partial charge >= 0.3 is 16.3 Å². The number of carbonyl (C=O) groups excluding carboxylic acids is 1. The third-order valence-corrected chi connectivity index (χ3v) is 3.29. The summed E-state index contributed by atoms with van der Waals surface area (Å²) < 4.78 is 29.0. The van der Waals surface area contributed by atoms with Crippen LogP contribution in [0.25, 0.3) is 0 Å². The van der Waals surface area contributed by atoms with Crippen molar-refractivity contribution in [3.63, 3.8) is 0 Å². The second kappa shape index (κ2) is 5.69. The molecule has 2 amide bonds. The highest BCUT2D eigenvalue weighted by molar-refractivity contribution is 7.84. The molecule has 0 heterocycles. The minimum atomic E-state index is -3.85. The summed E-state index contributed by atoms with van der Waals surface area (Å²) in [6.45, 7) is 0. The van der Waals surface area contributed by atoms with Crippen LogP contribution in [-0.2, 0) is 10.3 Å². The van der Waals surface area contributed by atoms with Gasteiger partial charge in [-0.3, -0.25) is 0 Å². The van der Waals surface area contributed by atoms with Gasteiger partial charge in [-0.15, -0.1) is 0 Å². The molecule has 0 aliphatic heterocycles. The normalized spacial score (nSPS) is 11.1. The van der Waals surface area contributed by atoms with Gasteiger partial charge in [-0.1, -0.05) is 12.1 Å². The number of para-hydroxylation sites is 2. The van der Waals surface area contributed by atoms with Gasteiger partial charge in [-0.25, -0.2) is 4.79 Å². The van der Waals surface area contributed by atoms with Crippen LogP contribution in [0.3, 0.4) is 0 Å². The van der Waals surface area contributed by atoms with Crippen LogP contribution in [0.1, 0.15) is 0 Å². The maximum absolute atomic E-state index is 11.6. The zero-order chi connectivity index (χ0) is 13.8. The summed E-state index contributed by atoms with van der Waals surface area (Å²) in [5.41, 5.74) is 0.266. The SMILES string of the molecule is CNC(=O)Nc1ccccc1OS(=O)(=O)N(C)C. The molecule has 2 N–H and O–H groups in total. The monoisotopic (exact) mass is 273 g/mol. The predicted octanol–water partition coefficient (Wildman–Crippen LogP) is 0.623. The molecular weight excluding hydrogens is 258 g/mol. The van der Waals surface area contributed by atoms with Gasteiger partial charge in [0.05, 0.1) is 5.69 Å². The van der Waals surface area contributed by atoms with Crippen LogP contribution in [0.15, 0.2) is 24.3 Å². The molecule has 0 aromatic heterocycles. The lowest BCUT2D eigenvalue weighted by Gasteiger charge is -2.14. The molecule has 0 bridgehead atoms. The molecule has 0 aliphatic rings. The Hall–Kier alpha value is -1.80. The molecule has 0 fully saturated rings. The molecule has 0 spiro atoms. The minimum Gasteiger partial charge on any atom is -0.369 e. The number of benzene rings is 1. The van der Waals surface area contributed by atoms with E-state index in [9.17, 15) is 13.2 Å². The maximum atomic E-state index is 11.6. The standard InChI is InChI=1S/C10H15N3O4S/c1-11-10(14)12-8-6-4-5-7-9(8)17-18(15,16)13(2)3/h4-7H,1-3H3,(H2,11,12,14). The Bertz CT molecular complexity index is 528. The van der Waals surface area contributed by atoms with Gasteiger partial charge in [0.25, 0.3) is 0 Å². The fraction of sp³-hybridized carbons (Fsp3) is 0.300. The van der Waals surface area contributed by atoms with Crippen molar-refractivity contribution in [2.24, 2.45) is 0 Å². The molecule has 18 heavy (non-hydrogen) atoms. The van der Waals surface area contributed by atoms with Crippen LogP contribution < -0.4 is 14.8 Å². The number of amides is 2. The van der Waals surface area contributed by atoms with Crippen molar-refractivity contribution < 1.29 is 17.4 Å². The molecule has 1 rings (SSSR count). The van der Waals surface area contributed by atoms with Crippen molar-refractivity contribution in [1.29, 1.82) is 0 Å². The van der Waals surface area contributed by atoms with E-state index >= 15 is 0 Å². The molecular formula is C10H15N3O4S. The average molecular weight is 273 g/mol. The molecule has 0 aliphatic carbocycles. The van der Waals surface area contributed by atoms with Crippen LogP contribution in [-0.4, -0.2) is 39.9 Å². The van der Waals surface area contributed by atoms with Crippen molar-refractivity contribution >= 4 is 22.0 Å². The Labute approximate surface area is 106 Å². The number of hydrogen-bond acceptors (Lipinski definition) is 4. The van der Waals surface area contributed by atoms with Gasteiger partial charge in [0, 0.05) is 21.1 Å². The molecule has 0 saturated carbocycles. The van der Waals surface area contributed by atoms with Crippen LogP contribution >= 0.6 is 0 Å². The quantitative estimate of drug-likeness (QED) is 0.842. The first-order valence-corrected chi connectivity index (χ1v) is 6.43. The van der Waals surface area contributed by atoms with Gasteiger partial charge < -0.3 is 14.8 Å². The van der Waals surface area contributed by atoms with Crippen molar-refractivity contribution in [2.75, 3.05) is 26.5 Å². The lowest BCUT2D eigenvalue weighted by atomic mass is 10.3. The van der Waals surface area contributed by atoms with E-state index in [1.807, 2.05) is 0 Å². The highest BCUT2D eigenvalue weighted by Gasteiger charge is 2.18. The lowest BCUT2D eigenvalue weighted by molar-refractivity contribution is 0.254. The number of anilines is 1. The van der Waals surface area contributed by atoms with Crippen molar-refractivity contribution in [1.82, 2.24) is 9.62 Å². The topological polar surface area (TPSA) is 87.7 Å². The van der Waals surface area contributed by atoms with Crippen molar-refractivity contribution in [2.45, 2.75) is 0 Å². The lowest BCUT2D eigenvalue weighted by Crippen LogP contribution is -2.28. The first-order valence-electron chi connectivity index (χ1n) is 5.06. The van der Waals surface area contributed by atoms with Crippen LogP contribution in [0.2, 0.25) is 0 Å². The van der Waals surface area contributed by atoms with E-state index in [1.54, 1.807) is 12.1 Å². The second-order valence-corrected chi connectivity index (χ2v) is 5.28. The minimum absolute atomic E-state index is 0.0507. The van der Waals surface area contributed by atoms with Crippen LogP contribution in [0.4, 0.5) is 10.5 Å². The first kappa shape index (κ1) is 14.3. The smallest absolute Gasteiger partial charge is 0.369 e. The summed E-state index contributed by atoms with van der Waals surface area (Å²) in [5.74, 6) is 0.0507. The highest BCUT2D eigenvalue weighted by Crippen LogP contribution is 2.25. The van der Waals surface area contributed by atoms with Crippen molar-refractivity contribution in [3.05, 3.63) is 24.3 Å². The molecule has 100 valence electrons. The Morgan fingerprint density at radius 1 is 1.28 bits per heavy atom. The van der Waals surface area contributed by atoms with Gasteiger partial charge in [-0.2, -0.15) is 12.7 Å². The highest BCUT2D eigenvalue weighted by atomic mass is 32.2. The number of hydrogen-bond donors (Lipinski definition) is 2. The summed E-state index contributed by atoms with van der Waals surface area (Å²) in [7, 11) is 0.302. The van der Waals surface area contributed by atoms with Crippen LogP contribution in [0, 0.1) is 0 Å². The summed E-state index contributed by atoms with van der Waals surface area (Å²) in [5, 5.41) is 4.82. The number of nitrogens with one attached hydrogen (secondary N) is 2. The van der Waals surface area contributed by atoms with Crippen LogP contribution in [0.5, 0.6) is 5.75 Å². The Morgan fingerprint density at radius 3 is 2.44 bits per heavy atom. The van der Waals surface area contributed by atoms with E-state index in [-0.39, 0.29) is 11.4 Å². The summed E-state index contributed by atoms with van der Waals surface area (Å²) in [6.07, 6.45) is 0. The molecule has 1 aromatic rings. The van der Waals surface area contributed by atoms with Gasteiger partial charge in [-0.05, 0) is 12.1 Å². The summed E-state index contributed by atoms with van der Waals surface area (Å²) >= 11 is 0. The van der Waals surface area contributed by atoms with E-state index in [0.717, 1.165) is 4.31 Å². The molecule has 0 unspecified atom stereocenters. The molecule has 7 nitrogen and oxygen atoms in total. The Kier molecular flexibility index (Phi) is 4.51.